The fourth-order valence-corrected chi connectivity index (χ4v) is 3.98. The van der Waals surface area contributed by atoms with Crippen molar-refractivity contribution in [2.75, 3.05) is 0 Å². The zero-order valence-corrected chi connectivity index (χ0v) is 19.3. The molecule has 0 aromatic rings. The van der Waals surface area contributed by atoms with Crippen molar-refractivity contribution in [2.45, 2.75) is 129 Å². The van der Waals surface area contributed by atoms with Gasteiger partial charge in [-0.3, -0.25) is 0 Å². The Balaban J connectivity index is 0. The predicted molar refractivity (Wildman–Crippen MR) is 117 cm³/mol. The lowest BCUT2D eigenvalue weighted by Gasteiger charge is -2.04. The summed E-state index contributed by atoms with van der Waals surface area (Å²) in [5.41, 5.74) is 0. The molecular weight excluding hydrogens is 395 g/mol. The minimum Gasteiger partial charge on any atom is -0.107 e. The number of hydrogen-bond acceptors (Lipinski definition) is 0. The van der Waals surface area contributed by atoms with Gasteiger partial charge in [0.25, 0.3) is 0 Å². The molecule has 0 bridgehead atoms. The van der Waals surface area contributed by atoms with Crippen LogP contribution in [0.3, 0.4) is 0 Å². The third-order valence-electron chi connectivity index (χ3n) is 4.53. The van der Waals surface area contributed by atoms with E-state index < -0.39 is 0 Å². The Morgan fingerprint density at radius 3 is 1.00 bits per heavy atom. The number of halogens is 1. The molecule has 0 saturated carbocycles. The summed E-state index contributed by atoms with van der Waals surface area (Å²) in [6.07, 6.45) is 23.7. The standard InChI is InChI=1S/C20H43Si.HI/c1-4-5-6-7-8-9-10-11-12-13-14-15-16-17-18-19-20-21(2)3;/h4-20H2,1-3H3;1H. The Hall–Kier alpha value is 0.947. The monoisotopic (exact) mass is 439 g/mol. The second kappa shape index (κ2) is 21.9. The van der Waals surface area contributed by atoms with E-state index in [1.807, 2.05) is 0 Å². The summed E-state index contributed by atoms with van der Waals surface area (Å²) in [6.45, 7) is 7.18. The Morgan fingerprint density at radius 2 is 0.727 bits per heavy atom. The molecule has 0 fully saturated rings. The maximum Gasteiger partial charge on any atom is 0.0412 e. The summed E-state index contributed by atoms with van der Waals surface area (Å²) >= 11 is 0. The van der Waals surface area contributed by atoms with Crippen LogP contribution in [0.5, 0.6) is 0 Å². The van der Waals surface area contributed by atoms with Crippen molar-refractivity contribution >= 4 is 32.8 Å². The van der Waals surface area contributed by atoms with Crippen LogP contribution in [-0.2, 0) is 0 Å². The van der Waals surface area contributed by atoms with Gasteiger partial charge in [0.2, 0.25) is 0 Å². The van der Waals surface area contributed by atoms with E-state index in [1.54, 1.807) is 0 Å². The summed E-state index contributed by atoms with van der Waals surface area (Å²) in [6, 6.07) is 1.53. The minimum atomic E-state index is 0. The lowest BCUT2D eigenvalue weighted by Crippen LogP contribution is -1.97. The van der Waals surface area contributed by atoms with Gasteiger partial charge in [-0.15, -0.1) is 24.0 Å². The van der Waals surface area contributed by atoms with Gasteiger partial charge in [-0.1, -0.05) is 129 Å². The van der Waals surface area contributed by atoms with Crippen molar-refractivity contribution in [3.8, 4) is 0 Å². The van der Waals surface area contributed by atoms with Crippen LogP contribution in [0.15, 0.2) is 0 Å². The first kappa shape index (κ1) is 25.2. The van der Waals surface area contributed by atoms with Crippen LogP contribution in [0.1, 0.15) is 110 Å². The van der Waals surface area contributed by atoms with Crippen LogP contribution in [-0.4, -0.2) is 8.80 Å². The van der Waals surface area contributed by atoms with Crippen LogP contribution in [0.25, 0.3) is 0 Å². The molecule has 0 heterocycles. The van der Waals surface area contributed by atoms with Gasteiger partial charge in [-0.05, 0) is 0 Å². The van der Waals surface area contributed by atoms with E-state index in [2.05, 4.69) is 20.0 Å². The second-order valence-electron chi connectivity index (χ2n) is 7.26. The molecule has 1 radical (unpaired) electrons. The summed E-state index contributed by atoms with van der Waals surface area (Å²) in [7, 11) is 0.0467. The third kappa shape index (κ3) is 23.2. The summed E-state index contributed by atoms with van der Waals surface area (Å²) in [5, 5.41) is 0. The smallest absolute Gasteiger partial charge is 0.0412 e. The molecule has 0 N–H and O–H groups in total. The van der Waals surface area contributed by atoms with Gasteiger partial charge in [-0.2, -0.15) is 0 Å². The maximum absolute atomic E-state index is 2.44. The molecule has 0 spiro atoms. The van der Waals surface area contributed by atoms with Crippen molar-refractivity contribution < 1.29 is 0 Å². The molecule has 0 atom stereocenters. The first-order valence-corrected chi connectivity index (χ1v) is 12.8. The fourth-order valence-electron chi connectivity index (χ4n) is 3.03. The number of rotatable bonds is 17. The first-order chi connectivity index (χ1) is 10.3. The van der Waals surface area contributed by atoms with Crippen molar-refractivity contribution in [3.63, 3.8) is 0 Å². The van der Waals surface area contributed by atoms with Crippen LogP contribution >= 0.6 is 24.0 Å². The molecule has 0 unspecified atom stereocenters. The van der Waals surface area contributed by atoms with E-state index in [1.165, 1.54) is 109 Å². The minimum absolute atomic E-state index is 0. The highest BCUT2D eigenvalue weighted by Gasteiger charge is 1.96. The van der Waals surface area contributed by atoms with Gasteiger partial charge >= 0.3 is 0 Å². The van der Waals surface area contributed by atoms with E-state index in [9.17, 15) is 0 Å². The van der Waals surface area contributed by atoms with Gasteiger partial charge in [0, 0.05) is 8.80 Å². The molecule has 0 saturated heterocycles. The Labute approximate surface area is 161 Å². The molecule has 2 heteroatoms. The molecule has 0 amide bonds. The zero-order chi connectivity index (χ0) is 15.6. The number of unbranched alkanes of at least 4 members (excludes halogenated alkanes) is 15. The SMILES string of the molecule is CCCCCCCCCCCCCCCCCC[Si](C)C.I. The highest BCUT2D eigenvalue weighted by atomic mass is 127. The highest BCUT2D eigenvalue weighted by Crippen LogP contribution is 2.14. The van der Waals surface area contributed by atoms with E-state index in [4.69, 9.17) is 0 Å². The molecule has 0 aromatic heterocycles. The average Bonchev–Trinajstić information content (AvgIpc) is 2.46. The van der Waals surface area contributed by atoms with E-state index in [0.717, 1.165) is 0 Å². The van der Waals surface area contributed by atoms with Crippen LogP contribution in [0.2, 0.25) is 19.1 Å². The van der Waals surface area contributed by atoms with E-state index >= 15 is 0 Å². The largest absolute Gasteiger partial charge is 0.107 e. The zero-order valence-electron chi connectivity index (χ0n) is 15.9. The summed E-state index contributed by atoms with van der Waals surface area (Å²) < 4.78 is 0. The Bertz CT molecular complexity index is 183. The van der Waals surface area contributed by atoms with E-state index in [0.29, 0.717) is 0 Å². The first-order valence-electron chi connectivity index (χ1n) is 10.1. The maximum atomic E-state index is 2.44. The predicted octanol–water partition coefficient (Wildman–Crippen LogP) is 8.62. The van der Waals surface area contributed by atoms with Gasteiger partial charge in [0.15, 0.2) is 0 Å². The fraction of sp³-hybridized carbons (Fsp3) is 1.00. The molecular formula is C20H44ISi. The second-order valence-corrected chi connectivity index (χ2v) is 10.2. The van der Waals surface area contributed by atoms with Gasteiger partial charge in [0.1, 0.15) is 0 Å². The lowest BCUT2D eigenvalue weighted by molar-refractivity contribution is 0.531. The van der Waals surface area contributed by atoms with Crippen molar-refractivity contribution in [3.05, 3.63) is 0 Å². The summed E-state index contributed by atoms with van der Waals surface area (Å²) in [4.78, 5) is 0. The highest BCUT2D eigenvalue weighted by molar-refractivity contribution is 14.0. The Morgan fingerprint density at radius 1 is 0.455 bits per heavy atom. The van der Waals surface area contributed by atoms with Gasteiger partial charge < -0.3 is 0 Å². The topological polar surface area (TPSA) is 0 Å². The van der Waals surface area contributed by atoms with Crippen LogP contribution in [0, 0.1) is 0 Å². The van der Waals surface area contributed by atoms with Crippen LogP contribution in [0.4, 0.5) is 0 Å². The lowest BCUT2D eigenvalue weighted by atomic mass is 10.0. The molecule has 0 nitrogen and oxygen atoms in total. The van der Waals surface area contributed by atoms with Gasteiger partial charge in [0.05, 0.1) is 0 Å². The van der Waals surface area contributed by atoms with Gasteiger partial charge in [-0.25, -0.2) is 0 Å². The molecule has 0 aromatic carbocycles. The van der Waals surface area contributed by atoms with Crippen molar-refractivity contribution in [1.82, 2.24) is 0 Å². The summed E-state index contributed by atoms with van der Waals surface area (Å²) in [5.74, 6) is 0. The van der Waals surface area contributed by atoms with Crippen LogP contribution < -0.4 is 0 Å². The Kier molecular flexibility index (Phi) is 25.1. The number of hydrogen-bond donors (Lipinski definition) is 0. The molecule has 135 valence electrons. The molecule has 0 rings (SSSR count). The van der Waals surface area contributed by atoms with Crippen molar-refractivity contribution in [1.29, 1.82) is 0 Å². The average molecular weight is 440 g/mol. The molecule has 22 heavy (non-hydrogen) atoms. The van der Waals surface area contributed by atoms with E-state index in [-0.39, 0.29) is 32.8 Å². The third-order valence-corrected chi connectivity index (χ3v) is 5.88. The molecule has 0 aliphatic rings. The normalized spacial score (nSPS) is 10.9. The molecule has 0 aliphatic heterocycles. The molecule has 0 aliphatic carbocycles. The quantitative estimate of drug-likeness (QED) is 0.121. The van der Waals surface area contributed by atoms with Crippen molar-refractivity contribution in [2.24, 2.45) is 0 Å².